The maximum Gasteiger partial charge on any atom is 0.129 e. The zero-order chi connectivity index (χ0) is 13.7. The largest absolute Gasteiger partial charge is 0.381 e. The first kappa shape index (κ1) is 14.3. The Bertz CT molecular complexity index is 402. The topological polar surface area (TPSA) is 51.4 Å². The first-order valence-electron chi connectivity index (χ1n) is 7.25. The van der Waals surface area contributed by atoms with Crippen molar-refractivity contribution in [3.63, 3.8) is 0 Å². The number of aromatic nitrogens is 1. The molecule has 19 heavy (non-hydrogen) atoms. The van der Waals surface area contributed by atoms with Crippen LogP contribution in [-0.2, 0) is 17.7 Å². The van der Waals surface area contributed by atoms with E-state index in [1.165, 1.54) is 5.56 Å². The van der Waals surface area contributed by atoms with Crippen LogP contribution in [-0.4, -0.2) is 31.3 Å². The van der Waals surface area contributed by atoms with Gasteiger partial charge in [-0.1, -0.05) is 13.3 Å². The Labute approximate surface area is 116 Å². The fourth-order valence-corrected chi connectivity index (χ4v) is 2.58. The lowest BCUT2D eigenvalue weighted by Crippen LogP contribution is -2.37. The highest BCUT2D eigenvalue weighted by molar-refractivity contribution is 5.43. The average molecular weight is 263 g/mol. The summed E-state index contributed by atoms with van der Waals surface area (Å²) in [5, 5.41) is 0. The van der Waals surface area contributed by atoms with Crippen LogP contribution >= 0.6 is 0 Å². The van der Waals surface area contributed by atoms with Gasteiger partial charge in [-0.2, -0.15) is 0 Å². The number of hydrogen-bond acceptors (Lipinski definition) is 4. The molecule has 0 saturated carbocycles. The summed E-state index contributed by atoms with van der Waals surface area (Å²) >= 11 is 0. The second kappa shape index (κ2) is 6.87. The third-order valence-electron chi connectivity index (χ3n) is 3.77. The second-order valence-electron chi connectivity index (χ2n) is 5.23. The molecule has 0 bridgehead atoms. The minimum Gasteiger partial charge on any atom is -0.381 e. The van der Waals surface area contributed by atoms with E-state index in [1.807, 2.05) is 0 Å². The highest BCUT2D eigenvalue weighted by Gasteiger charge is 2.20. The summed E-state index contributed by atoms with van der Waals surface area (Å²) in [6.07, 6.45) is 4.28. The molecule has 1 fully saturated rings. The quantitative estimate of drug-likeness (QED) is 0.884. The summed E-state index contributed by atoms with van der Waals surface area (Å²) in [6.45, 7) is 4.47. The SMILES string of the molecule is CCCc1cc(CN)cc(N(C)C2CCOCC2)n1. The van der Waals surface area contributed by atoms with Gasteiger partial charge in [0.2, 0.25) is 0 Å². The van der Waals surface area contributed by atoms with Gasteiger partial charge in [-0.15, -0.1) is 0 Å². The number of pyridine rings is 1. The van der Waals surface area contributed by atoms with Gasteiger partial charge >= 0.3 is 0 Å². The molecule has 2 N–H and O–H groups in total. The normalized spacial score (nSPS) is 16.6. The highest BCUT2D eigenvalue weighted by Crippen LogP contribution is 2.21. The molecule has 2 rings (SSSR count). The Morgan fingerprint density at radius 1 is 1.37 bits per heavy atom. The van der Waals surface area contributed by atoms with Gasteiger partial charge in [-0.05, 0) is 37.0 Å². The van der Waals surface area contributed by atoms with Crippen molar-refractivity contribution in [1.29, 1.82) is 0 Å². The third kappa shape index (κ3) is 3.67. The molecule has 0 aromatic carbocycles. The fraction of sp³-hybridized carbons (Fsp3) is 0.667. The molecule has 0 unspecified atom stereocenters. The van der Waals surface area contributed by atoms with E-state index >= 15 is 0 Å². The zero-order valence-corrected chi connectivity index (χ0v) is 12.1. The molecule has 0 aliphatic carbocycles. The summed E-state index contributed by atoms with van der Waals surface area (Å²) in [7, 11) is 2.13. The van der Waals surface area contributed by atoms with E-state index < -0.39 is 0 Å². The third-order valence-corrected chi connectivity index (χ3v) is 3.77. The molecule has 1 aromatic rings. The molecule has 0 spiro atoms. The first-order valence-corrected chi connectivity index (χ1v) is 7.25. The van der Waals surface area contributed by atoms with Crippen LogP contribution in [0.25, 0.3) is 0 Å². The van der Waals surface area contributed by atoms with E-state index in [9.17, 15) is 0 Å². The van der Waals surface area contributed by atoms with Gasteiger partial charge in [0.15, 0.2) is 0 Å². The van der Waals surface area contributed by atoms with Crippen LogP contribution in [0, 0.1) is 0 Å². The lowest BCUT2D eigenvalue weighted by Gasteiger charge is -2.32. The van der Waals surface area contributed by atoms with Gasteiger partial charge in [-0.25, -0.2) is 4.98 Å². The van der Waals surface area contributed by atoms with Crippen LogP contribution in [0.3, 0.4) is 0 Å². The van der Waals surface area contributed by atoms with Crippen molar-refractivity contribution in [1.82, 2.24) is 4.98 Å². The molecule has 0 atom stereocenters. The van der Waals surface area contributed by atoms with Crippen molar-refractivity contribution < 1.29 is 4.74 Å². The maximum absolute atomic E-state index is 5.80. The van der Waals surface area contributed by atoms with Crippen LogP contribution in [0.4, 0.5) is 5.82 Å². The minimum absolute atomic E-state index is 0.531. The van der Waals surface area contributed by atoms with Crippen molar-refractivity contribution in [2.75, 3.05) is 25.2 Å². The summed E-state index contributed by atoms with van der Waals surface area (Å²) in [5.41, 5.74) is 8.12. The smallest absolute Gasteiger partial charge is 0.129 e. The standard InChI is InChI=1S/C15H25N3O/c1-3-4-13-9-12(11-16)10-15(17-13)18(2)14-5-7-19-8-6-14/h9-10,14H,3-8,11,16H2,1-2H3. The molecular weight excluding hydrogens is 238 g/mol. The number of aryl methyl sites for hydroxylation is 1. The van der Waals surface area contributed by atoms with Gasteiger partial charge in [-0.3, -0.25) is 0 Å². The Morgan fingerprint density at radius 3 is 2.74 bits per heavy atom. The predicted molar refractivity (Wildman–Crippen MR) is 78.4 cm³/mol. The molecule has 1 aromatic heterocycles. The number of hydrogen-bond donors (Lipinski definition) is 1. The Kier molecular flexibility index (Phi) is 5.16. The van der Waals surface area contributed by atoms with Crippen molar-refractivity contribution in [2.24, 2.45) is 5.73 Å². The van der Waals surface area contributed by atoms with Gasteiger partial charge in [0.1, 0.15) is 5.82 Å². The van der Waals surface area contributed by atoms with Crippen molar-refractivity contribution >= 4 is 5.82 Å². The van der Waals surface area contributed by atoms with Crippen LogP contribution in [0.1, 0.15) is 37.4 Å². The number of nitrogens with two attached hydrogens (primary N) is 1. The summed E-state index contributed by atoms with van der Waals surface area (Å²) in [5.74, 6) is 1.05. The number of rotatable bonds is 5. The molecule has 1 aliphatic heterocycles. The Morgan fingerprint density at radius 2 is 2.11 bits per heavy atom. The maximum atomic E-state index is 5.80. The Hall–Kier alpha value is -1.13. The number of anilines is 1. The van der Waals surface area contributed by atoms with Crippen molar-refractivity contribution in [3.05, 3.63) is 23.4 Å². The van der Waals surface area contributed by atoms with Crippen molar-refractivity contribution in [3.8, 4) is 0 Å². The molecule has 4 heteroatoms. The van der Waals surface area contributed by atoms with Crippen LogP contribution in [0.15, 0.2) is 12.1 Å². The number of ether oxygens (including phenoxy) is 1. The van der Waals surface area contributed by atoms with Crippen LogP contribution < -0.4 is 10.6 Å². The lowest BCUT2D eigenvalue weighted by atomic mass is 10.1. The lowest BCUT2D eigenvalue weighted by molar-refractivity contribution is 0.0853. The van der Waals surface area contributed by atoms with Gasteiger partial charge in [0.25, 0.3) is 0 Å². The second-order valence-corrected chi connectivity index (χ2v) is 5.23. The van der Waals surface area contributed by atoms with Crippen LogP contribution in [0.5, 0.6) is 0 Å². The van der Waals surface area contributed by atoms with Crippen LogP contribution in [0.2, 0.25) is 0 Å². The summed E-state index contributed by atoms with van der Waals surface area (Å²) in [6, 6.07) is 4.78. The van der Waals surface area contributed by atoms with Crippen molar-refractivity contribution in [2.45, 2.75) is 45.2 Å². The van der Waals surface area contributed by atoms with E-state index in [2.05, 4.69) is 31.0 Å². The highest BCUT2D eigenvalue weighted by atomic mass is 16.5. The fourth-order valence-electron chi connectivity index (χ4n) is 2.58. The summed E-state index contributed by atoms with van der Waals surface area (Å²) < 4.78 is 5.43. The van der Waals surface area contributed by atoms with Gasteiger partial charge < -0.3 is 15.4 Å². The molecule has 0 radical (unpaired) electrons. The van der Waals surface area contributed by atoms with E-state index in [1.54, 1.807) is 0 Å². The predicted octanol–water partition coefficient (Wildman–Crippen LogP) is 2.11. The molecule has 4 nitrogen and oxygen atoms in total. The molecule has 1 aliphatic rings. The van der Waals surface area contributed by atoms with Gasteiger partial charge in [0, 0.05) is 38.5 Å². The molecule has 106 valence electrons. The summed E-state index contributed by atoms with van der Waals surface area (Å²) in [4.78, 5) is 7.07. The first-order chi connectivity index (χ1) is 9.24. The average Bonchev–Trinajstić information content (AvgIpc) is 2.47. The Balaban J connectivity index is 2.18. The van der Waals surface area contributed by atoms with E-state index in [4.69, 9.17) is 15.5 Å². The molecular formula is C15H25N3O. The molecule has 1 saturated heterocycles. The van der Waals surface area contributed by atoms with Gasteiger partial charge in [0.05, 0.1) is 0 Å². The molecule has 0 amide bonds. The van der Waals surface area contributed by atoms with E-state index in [0.29, 0.717) is 12.6 Å². The van der Waals surface area contributed by atoms with E-state index in [0.717, 1.165) is 50.4 Å². The monoisotopic (exact) mass is 263 g/mol. The molecule has 2 heterocycles. The minimum atomic E-state index is 0.531. The number of nitrogens with zero attached hydrogens (tertiary/aromatic N) is 2. The zero-order valence-electron chi connectivity index (χ0n) is 12.1. The van der Waals surface area contributed by atoms with E-state index in [-0.39, 0.29) is 0 Å².